The van der Waals surface area contributed by atoms with Crippen molar-refractivity contribution >= 4 is 5.78 Å². The van der Waals surface area contributed by atoms with Gasteiger partial charge in [0.15, 0.2) is 5.78 Å². The molecule has 1 rings (SSSR count). The predicted octanol–water partition coefficient (Wildman–Crippen LogP) is 3.59. The van der Waals surface area contributed by atoms with Crippen LogP contribution in [0.25, 0.3) is 0 Å². The van der Waals surface area contributed by atoms with Gasteiger partial charge in [0.1, 0.15) is 6.10 Å². The third-order valence-electron chi connectivity index (χ3n) is 3.42. The van der Waals surface area contributed by atoms with Gasteiger partial charge in [0, 0.05) is 12.0 Å². The minimum absolute atomic E-state index is 0.162. The zero-order valence-corrected chi connectivity index (χ0v) is 11.2. The molecule has 94 valence electrons. The molecule has 0 radical (unpaired) electrons. The summed E-state index contributed by atoms with van der Waals surface area (Å²) in [6.45, 7) is 8.59. The van der Waals surface area contributed by atoms with Gasteiger partial charge in [-0.2, -0.15) is 0 Å². The van der Waals surface area contributed by atoms with Crippen molar-refractivity contribution in [1.29, 1.82) is 0 Å². The molecule has 1 atom stereocenters. The van der Waals surface area contributed by atoms with Crippen LogP contribution >= 0.6 is 0 Å². The van der Waals surface area contributed by atoms with Crippen LogP contribution in [0.1, 0.15) is 59.8 Å². The van der Waals surface area contributed by atoms with Crippen molar-refractivity contribution in [3.63, 3.8) is 0 Å². The highest BCUT2D eigenvalue weighted by Gasteiger charge is 2.35. The van der Waals surface area contributed by atoms with Gasteiger partial charge in [-0.1, -0.05) is 40.0 Å². The molecule has 0 amide bonds. The van der Waals surface area contributed by atoms with Gasteiger partial charge in [0.2, 0.25) is 0 Å². The maximum Gasteiger partial charge on any atom is 0.167 e. The maximum atomic E-state index is 12.3. The molecule has 1 saturated carbocycles. The quantitative estimate of drug-likeness (QED) is 0.732. The average Bonchev–Trinajstić information content (AvgIpc) is 2.25. The molecule has 0 saturated heterocycles. The lowest BCUT2D eigenvalue weighted by atomic mass is 9.77. The molecule has 0 bridgehead atoms. The van der Waals surface area contributed by atoms with E-state index in [1.807, 2.05) is 27.7 Å². The highest BCUT2D eigenvalue weighted by Crippen LogP contribution is 2.32. The third-order valence-corrected chi connectivity index (χ3v) is 3.42. The van der Waals surface area contributed by atoms with E-state index in [1.54, 1.807) is 0 Å². The van der Waals surface area contributed by atoms with Crippen LogP contribution in [-0.2, 0) is 9.53 Å². The Balaban J connectivity index is 2.69. The van der Waals surface area contributed by atoms with Gasteiger partial charge >= 0.3 is 0 Å². The summed E-state index contributed by atoms with van der Waals surface area (Å²) in [5, 5.41) is 0. The topological polar surface area (TPSA) is 26.3 Å². The Labute approximate surface area is 99.8 Å². The van der Waals surface area contributed by atoms with Gasteiger partial charge in [0.25, 0.3) is 0 Å². The molecule has 0 aromatic carbocycles. The Morgan fingerprint density at radius 3 is 2.25 bits per heavy atom. The van der Waals surface area contributed by atoms with Gasteiger partial charge in [0.05, 0.1) is 0 Å². The van der Waals surface area contributed by atoms with Crippen LogP contribution in [-0.4, -0.2) is 18.5 Å². The van der Waals surface area contributed by atoms with E-state index in [9.17, 15) is 4.79 Å². The molecular formula is C14H26O2. The smallest absolute Gasteiger partial charge is 0.167 e. The van der Waals surface area contributed by atoms with E-state index in [4.69, 9.17) is 4.74 Å². The van der Waals surface area contributed by atoms with Crippen molar-refractivity contribution < 1.29 is 9.53 Å². The Bertz CT molecular complexity index is 221. The van der Waals surface area contributed by atoms with Gasteiger partial charge in [-0.3, -0.25) is 4.79 Å². The van der Waals surface area contributed by atoms with Crippen LogP contribution in [0.4, 0.5) is 0 Å². The van der Waals surface area contributed by atoms with Gasteiger partial charge in [-0.05, 0) is 25.7 Å². The number of carbonyl (C=O) groups is 1. The van der Waals surface area contributed by atoms with Gasteiger partial charge < -0.3 is 4.74 Å². The van der Waals surface area contributed by atoms with E-state index >= 15 is 0 Å². The van der Waals surface area contributed by atoms with E-state index in [2.05, 4.69) is 0 Å². The van der Waals surface area contributed by atoms with Crippen molar-refractivity contribution in [3.8, 4) is 0 Å². The Kier molecular flexibility index (Phi) is 4.97. The molecule has 0 aromatic heterocycles. The Hall–Kier alpha value is -0.370. The summed E-state index contributed by atoms with van der Waals surface area (Å²) in [7, 11) is 0. The molecule has 0 N–H and O–H groups in total. The summed E-state index contributed by atoms with van der Waals surface area (Å²) < 4.78 is 5.72. The highest BCUT2D eigenvalue weighted by molar-refractivity contribution is 5.88. The summed E-state index contributed by atoms with van der Waals surface area (Å²) in [6, 6.07) is 0. The SMILES string of the molecule is CCOC(C(=O)C(C)(C)C)C1CCCCC1. The number of carbonyl (C=O) groups excluding carboxylic acids is 1. The minimum atomic E-state index is -0.280. The normalized spacial score (nSPS) is 20.8. The second kappa shape index (κ2) is 5.81. The largest absolute Gasteiger partial charge is 0.370 e. The van der Waals surface area contributed by atoms with Crippen LogP contribution in [0, 0.1) is 11.3 Å². The van der Waals surface area contributed by atoms with E-state index in [1.165, 1.54) is 19.3 Å². The first-order chi connectivity index (χ1) is 7.46. The minimum Gasteiger partial charge on any atom is -0.370 e. The van der Waals surface area contributed by atoms with E-state index in [0.29, 0.717) is 12.5 Å². The molecule has 1 fully saturated rings. The second-order valence-electron chi connectivity index (χ2n) is 5.89. The lowest BCUT2D eigenvalue weighted by Gasteiger charge is -2.32. The maximum absolute atomic E-state index is 12.3. The Morgan fingerprint density at radius 2 is 1.81 bits per heavy atom. The number of rotatable bonds is 4. The molecule has 0 aliphatic heterocycles. The van der Waals surface area contributed by atoms with E-state index in [-0.39, 0.29) is 17.3 Å². The molecule has 2 nitrogen and oxygen atoms in total. The predicted molar refractivity (Wildman–Crippen MR) is 66.5 cm³/mol. The van der Waals surface area contributed by atoms with Crippen LogP contribution in [0.2, 0.25) is 0 Å². The van der Waals surface area contributed by atoms with Crippen molar-refractivity contribution in [2.45, 2.75) is 65.9 Å². The fourth-order valence-corrected chi connectivity index (χ4v) is 2.47. The van der Waals surface area contributed by atoms with Crippen molar-refractivity contribution in [3.05, 3.63) is 0 Å². The zero-order valence-electron chi connectivity index (χ0n) is 11.2. The molecule has 0 spiro atoms. The van der Waals surface area contributed by atoms with Crippen LogP contribution in [0.15, 0.2) is 0 Å². The van der Waals surface area contributed by atoms with Crippen molar-refractivity contribution in [2.24, 2.45) is 11.3 Å². The first kappa shape index (κ1) is 13.7. The van der Waals surface area contributed by atoms with E-state index in [0.717, 1.165) is 12.8 Å². The lowest BCUT2D eigenvalue weighted by molar-refractivity contribution is -0.142. The van der Waals surface area contributed by atoms with Crippen molar-refractivity contribution in [1.82, 2.24) is 0 Å². The Morgan fingerprint density at radius 1 is 1.25 bits per heavy atom. The van der Waals surface area contributed by atoms with Gasteiger partial charge in [-0.25, -0.2) is 0 Å². The summed E-state index contributed by atoms with van der Waals surface area (Å²) in [4.78, 5) is 12.3. The number of hydrogen-bond donors (Lipinski definition) is 0. The molecule has 0 aromatic rings. The average molecular weight is 226 g/mol. The third kappa shape index (κ3) is 3.58. The molecule has 1 unspecified atom stereocenters. The molecule has 1 aliphatic carbocycles. The first-order valence-electron chi connectivity index (χ1n) is 6.62. The number of ether oxygens (including phenoxy) is 1. The summed E-state index contributed by atoms with van der Waals surface area (Å²) in [5.41, 5.74) is -0.280. The zero-order chi connectivity index (χ0) is 12.2. The molecule has 16 heavy (non-hydrogen) atoms. The van der Waals surface area contributed by atoms with Crippen LogP contribution < -0.4 is 0 Å². The van der Waals surface area contributed by atoms with Crippen LogP contribution in [0.5, 0.6) is 0 Å². The number of Topliss-reactive ketones (excluding diaryl/α,β-unsaturated/α-hetero) is 1. The standard InChI is InChI=1S/C14H26O2/c1-5-16-12(13(15)14(2,3)4)11-9-7-6-8-10-11/h11-12H,5-10H2,1-4H3. The van der Waals surface area contributed by atoms with E-state index < -0.39 is 0 Å². The monoisotopic (exact) mass is 226 g/mol. The summed E-state index contributed by atoms with van der Waals surface area (Å²) in [6.07, 6.45) is 5.99. The fraction of sp³-hybridized carbons (Fsp3) is 0.929. The van der Waals surface area contributed by atoms with Crippen molar-refractivity contribution in [2.75, 3.05) is 6.61 Å². The molecule has 0 heterocycles. The first-order valence-corrected chi connectivity index (χ1v) is 6.62. The fourth-order valence-electron chi connectivity index (χ4n) is 2.47. The molecular weight excluding hydrogens is 200 g/mol. The summed E-state index contributed by atoms with van der Waals surface area (Å²) in [5.74, 6) is 0.738. The highest BCUT2D eigenvalue weighted by atomic mass is 16.5. The lowest BCUT2D eigenvalue weighted by Crippen LogP contribution is -2.40. The molecule has 1 aliphatic rings. The number of ketones is 1. The van der Waals surface area contributed by atoms with Gasteiger partial charge in [-0.15, -0.1) is 0 Å². The number of hydrogen-bond acceptors (Lipinski definition) is 2. The molecule has 2 heteroatoms. The van der Waals surface area contributed by atoms with Crippen LogP contribution in [0.3, 0.4) is 0 Å². The summed E-state index contributed by atoms with van der Waals surface area (Å²) >= 11 is 0. The second-order valence-corrected chi connectivity index (χ2v) is 5.89.